The number of ketones is 1. The van der Waals surface area contributed by atoms with Crippen LogP contribution in [0, 0.1) is 28.8 Å². The third-order valence-electron chi connectivity index (χ3n) is 6.34. The van der Waals surface area contributed by atoms with Gasteiger partial charge in [0.2, 0.25) is 5.78 Å². The molecule has 1 aliphatic heterocycles. The van der Waals surface area contributed by atoms with E-state index in [-0.39, 0.29) is 39.8 Å². The Labute approximate surface area is 204 Å². The van der Waals surface area contributed by atoms with Crippen molar-refractivity contribution in [3.8, 4) is 17.2 Å². The molecule has 0 amide bonds. The van der Waals surface area contributed by atoms with Crippen molar-refractivity contribution in [3.63, 3.8) is 0 Å². The Morgan fingerprint density at radius 1 is 1.11 bits per heavy atom. The van der Waals surface area contributed by atoms with Crippen molar-refractivity contribution in [3.05, 3.63) is 77.4 Å². The van der Waals surface area contributed by atoms with Crippen LogP contribution in [-0.4, -0.2) is 39.6 Å². The van der Waals surface area contributed by atoms with Gasteiger partial charge in [-0.05, 0) is 49.2 Å². The molecule has 2 aromatic heterocycles. The molecule has 2 aromatic carbocycles. The minimum atomic E-state index is -1.06. The van der Waals surface area contributed by atoms with E-state index in [2.05, 4.69) is 25.8 Å². The molecule has 0 saturated carbocycles. The number of anilines is 1. The first-order valence-electron chi connectivity index (χ1n) is 11.5. The van der Waals surface area contributed by atoms with Gasteiger partial charge in [0.05, 0.1) is 17.3 Å². The molecule has 182 valence electrons. The van der Waals surface area contributed by atoms with Crippen molar-refractivity contribution in [2.24, 2.45) is 0 Å². The van der Waals surface area contributed by atoms with Gasteiger partial charge in [-0.3, -0.25) is 9.89 Å². The highest BCUT2D eigenvalue weighted by molar-refractivity contribution is 6.05. The molecule has 0 radical (unpaired) electrons. The third-order valence-corrected chi connectivity index (χ3v) is 6.34. The van der Waals surface area contributed by atoms with Crippen LogP contribution in [0.1, 0.15) is 35.3 Å². The molecule has 0 bridgehead atoms. The second kappa shape index (κ2) is 9.79. The van der Waals surface area contributed by atoms with Gasteiger partial charge >= 0.3 is 0 Å². The van der Waals surface area contributed by atoms with Crippen LogP contribution in [0.4, 0.5) is 19.0 Å². The molecule has 1 aliphatic rings. The summed E-state index contributed by atoms with van der Waals surface area (Å²) >= 11 is 0. The number of nitriles is 1. The summed E-state index contributed by atoms with van der Waals surface area (Å²) < 4.78 is 41.0. The fourth-order valence-corrected chi connectivity index (χ4v) is 4.50. The minimum Gasteiger partial charge on any atom is -0.357 e. The molecular formula is C26H21F3N6O. The average molecular weight is 490 g/mol. The largest absolute Gasteiger partial charge is 0.357 e. The van der Waals surface area contributed by atoms with Crippen LogP contribution in [-0.2, 0) is 0 Å². The van der Waals surface area contributed by atoms with Crippen LogP contribution in [0.3, 0.4) is 0 Å². The van der Waals surface area contributed by atoms with E-state index in [9.17, 15) is 23.2 Å². The molecule has 5 rings (SSSR count). The maximum absolute atomic E-state index is 13.9. The molecule has 0 aliphatic carbocycles. The summed E-state index contributed by atoms with van der Waals surface area (Å²) in [6.07, 6.45) is 4.05. The number of hydrogen-bond donors (Lipinski definition) is 3. The number of aromatic amines is 1. The van der Waals surface area contributed by atoms with Crippen LogP contribution in [0.5, 0.6) is 0 Å². The van der Waals surface area contributed by atoms with Gasteiger partial charge in [0.25, 0.3) is 0 Å². The van der Waals surface area contributed by atoms with Crippen LogP contribution >= 0.6 is 0 Å². The van der Waals surface area contributed by atoms with E-state index in [4.69, 9.17) is 0 Å². The van der Waals surface area contributed by atoms with E-state index < -0.39 is 23.5 Å². The lowest BCUT2D eigenvalue weighted by atomic mass is 9.91. The summed E-state index contributed by atoms with van der Waals surface area (Å²) in [7, 11) is 0. The number of hydrogen-bond acceptors (Lipinski definition) is 6. The van der Waals surface area contributed by atoms with E-state index in [1.165, 1.54) is 24.4 Å². The number of rotatable bonds is 6. The highest BCUT2D eigenvalue weighted by Crippen LogP contribution is 2.28. The number of aromatic nitrogens is 3. The Morgan fingerprint density at radius 3 is 2.61 bits per heavy atom. The highest BCUT2D eigenvalue weighted by atomic mass is 19.2. The lowest BCUT2D eigenvalue weighted by Crippen LogP contribution is -2.51. The van der Waals surface area contributed by atoms with Gasteiger partial charge in [0.1, 0.15) is 29.4 Å². The topological polar surface area (TPSA) is 106 Å². The molecule has 3 heterocycles. The third kappa shape index (κ3) is 4.53. The molecule has 10 heteroatoms. The second-order valence-corrected chi connectivity index (χ2v) is 8.66. The molecule has 1 fully saturated rings. The summed E-state index contributed by atoms with van der Waals surface area (Å²) in [6, 6.07) is 9.94. The fourth-order valence-electron chi connectivity index (χ4n) is 4.50. The molecule has 3 N–H and O–H groups in total. The van der Waals surface area contributed by atoms with Gasteiger partial charge in [-0.1, -0.05) is 18.6 Å². The Hall–Kier alpha value is -4.23. The molecule has 7 nitrogen and oxygen atoms in total. The fraction of sp³-hybridized carbons (Fsp3) is 0.231. The Morgan fingerprint density at radius 2 is 1.89 bits per heavy atom. The summed E-state index contributed by atoms with van der Waals surface area (Å²) in [5, 5.41) is 23.2. The number of benzene rings is 2. The van der Waals surface area contributed by atoms with E-state index in [1.54, 1.807) is 12.1 Å². The van der Waals surface area contributed by atoms with Crippen molar-refractivity contribution < 1.29 is 18.0 Å². The number of nitrogens with one attached hydrogen (secondary N) is 3. The van der Waals surface area contributed by atoms with Gasteiger partial charge in [-0.15, -0.1) is 0 Å². The van der Waals surface area contributed by atoms with Gasteiger partial charge in [0.15, 0.2) is 11.6 Å². The standard InChI is InChI=1S/C26H21F3N6O/c27-17-6-4-14(5-7-17)18-13-32-35-23(18)25(36)24(21-3-1-2-8-31-21)34-26-16(12-30)9-15-10-19(28)20(29)11-22(15)33-26/h4-7,9-11,13,21,24,31H,1-3,8H2,(H,32,35)(H,33,34)/t21?,24-/m0/s1. The Kier molecular flexibility index (Phi) is 6.40. The molecule has 4 aromatic rings. The van der Waals surface area contributed by atoms with E-state index in [0.29, 0.717) is 24.1 Å². The SMILES string of the molecule is N#Cc1cc2cc(F)c(F)cc2nc1N[C@H](C(=O)c1[nH]ncc1-c1ccc(F)cc1)C1CCCCN1. The number of carbonyl (C=O) groups is 1. The monoisotopic (exact) mass is 490 g/mol. The smallest absolute Gasteiger partial charge is 0.204 e. The summed E-state index contributed by atoms with van der Waals surface area (Å²) in [5.41, 5.74) is 1.58. The van der Waals surface area contributed by atoms with Gasteiger partial charge in [-0.25, -0.2) is 18.2 Å². The zero-order valence-electron chi connectivity index (χ0n) is 19.0. The maximum atomic E-state index is 13.9. The highest BCUT2D eigenvalue weighted by Gasteiger charge is 2.33. The lowest BCUT2D eigenvalue weighted by molar-refractivity contribution is 0.0941. The van der Waals surface area contributed by atoms with Crippen molar-refractivity contribution in [1.29, 1.82) is 5.26 Å². The van der Waals surface area contributed by atoms with Crippen LogP contribution in [0.15, 0.2) is 48.7 Å². The zero-order valence-corrected chi connectivity index (χ0v) is 19.0. The van der Waals surface area contributed by atoms with E-state index in [0.717, 1.165) is 25.0 Å². The molecule has 36 heavy (non-hydrogen) atoms. The normalized spacial score (nSPS) is 16.4. The van der Waals surface area contributed by atoms with E-state index in [1.807, 2.05) is 6.07 Å². The summed E-state index contributed by atoms with van der Waals surface area (Å²) in [4.78, 5) is 18.2. The van der Waals surface area contributed by atoms with Crippen molar-refractivity contribution >= 4 is 22.5 Å². The second-order valence-electron chi connectivity index (χ2n) is 8.66. The first-order chi connectivity index (χ1) is 17.4. The maximum Gasteiger partial charge on any atom is 0.204 e. The number of Topliss-reactive ketones (excluding diaryl/α,β-unsaturated/α-hetero) is 1. The number of halogens is 3. The zero-order chi connectivity index (χ0) is 25.2. The number of nitrogens with zero attached hydrogens (tertiary/aromatic N) is 3. The minimum absolute atomic E-state index is 0.0876. The van der Waals surface area contributed by atoms with Crippen LogP contribution in [0.2, 0.25) is 0 Å². The molecule has 1 saturated heterocycles. The van der Waals surface area contributed by atoms with Crippen molar-refractivity contribution in [2.75, 3.05) is 11.9 Å². The number of carbonyl (C=O) groups excluding carboxylic acids is 1. The number of pyridine rings is 1. The Bertz CT molecular complexity index is 1470. The molecular weight excluding hydrogens is 469 g/mol. The number of H-pyrrole nitrogens is 1. The van der Waals surface area contributed by atoms with Crippen molar-refractivity contribution in [2.45, 2.75) is 31.3 Å². The summed E-state index contributed by atoms with van der Waals surface area (Å²) in [5.74, 6) is -2.75. The summed E-state index contributed by atoms with van der Waals surface area (Å²) in [6.45, 7) is 0.713. The van der Waals surface area contributed by atoms with Gasteiger partial charge < -0.3 is 10.6 Å². The predicted molar refractivity (Wildman–Crippen MR) is 128 cm³/mol. The number of piperidine rings is 1. The first-order valence-corrected chi connectivity index (χ1v) is 11.5. The molecule has 1 unspecified atom stereocenters. The van der Waals surface area contributed by atoms with Gasteiger partial charge in [-0.2, -0.15) is 10.4 Å². The van der Waals surface area contributed by atoms with Crippen LogP contribution in [0.25, 0.3) is 22.0 Å². The number of fused-ring (bicyclic) bond motifs is 1. The molecule has 2 atom stereocenters. The van der Waals surface area contributed by atoms with Gasteiger partial charge in [0, 0.05) is 23.1 Å². The lowest BCUT2D eigenvalue weighted by Gasteiger charge is -2.31. The Balaban J connectivity index is 1.55. The first kappa shape index (κ1) is 23.5. The quantitative estimate of drug-likeness (QED) is 0.338. The van der Waals surface area contributed by atoms with Crippen LogP contribution < -0.4 is 10.6 Å². The molecule has 0 spiro atoms. The van der Waals surface area contributed by atoms with Crippen molar-refractivity contribution in [1.82, 2.24) is 20.5 Å². The average Bonchev–Trinajstić information content (AvgIpc) is 3.38. The predicted octanol–water partition coefficient (Wildman–Crippen LogP) is 4.72. The van der Waals surface area contributed by atoms with E-state index >= 15 is 0 Å².